The summed E-state index contributed by atoms with van der Waals surface area (Å²) in [4.78, 5) is 27.1. The Morgan fingerprint density at radius 1 is 1.00 bits per heavy atom. The quantitative estimate of drug-likeness (QED) is 0.707. The molecule has 1 aliphatic rings. The standard InChI is InChI=1S/C22H27N3O5/c1-15(16-8-9-19(28-2)20(14-16)29-3)23-21(26)22(27)24-17-6-4-5-7-18(17)25-10-12-30-13-11-25/h4-9,14-15H,10-13H2,1-3H3,(H,23,26)(H,24,27). The van der Waals surface area contributed by atoms with E-state index in [0.29, 0.717) is 30.4 Å². The lowest BCUT2D eigenvalue weighted by atomic mass is 10.1. The summed E-state index contributed by atoms with van der Waals surface area (Å²) in [6, 6.07) is 12.4. The summed E-state index contributed by atoms with van der Waals surface area (Å²) < 4.78 is 15.9. The number of benzene rings is 2. The van der Waals surface area contributed by atoms with E-state index in [4.69, 9.17) is 14.2 Å². The molecule has 2 N–H and O–H groups in total. The Morgan fingerprint density at radius 2 is 1.70 bits per heavy atom. The highest BCUT2D eigenvalue weighted by atomic mass is 16.5. The van der Waals surface area contributed by atoms with E-state index in [9.17, 15) is 9.59 Å². The molecule has 0 radical (unpaired) electrons. The Morgan fingerprint density at radius 3 is 2.40 bits per heavy atom. The van der Waals surface area contributed by atoms with Crippen LogP contribution in [0.2, 0.25) is 0 Å². The van der Waals surface area contributed by atoms with Gasteiger partial charge in [-0.25, -0.2) is 0 Å². The van der Waals surface area contributed by atoms with Crippen LogP contribution in [0, 0.1) is 0 Å². The molecule has 0 saturated carbocycles. The van der Waals surface area contributed by atoms with Crippen LogP contribution in [0.25, 0.3) is 0 Å². The van der Waals surface area contributed by atoms with Crippen molar-refractivity contribution in [1.29, 1.82) is 0 Å². The average Bonchev–Trinajstić information content (AvgIpc) is 2.79. The molecule has 0 spiro atoms. The fourth-order valence-corrected chi connectivity index (χ4v) is 3.31. The SMILES string of the molecule is COc1ccc(C(C)NC(=O)C(=O)Nc2ccccc2N2CCOCC2)cc1OC. The van der Waals surface area contributed by atoms with Crippen molar-refractivity contribution in [2.45, 2.75) is 13.0 Å². The van der Waals surface area contributed by atoms with Gasteiger partial charge in [0.15, 0.2) is 11.5 Å². The molecule has 0 bridgehead atoms. The molecule has 30 heavy (non-hydrogen) atoms. The van der Waals surface area contributed by atoms with E-state index in [-0.39, 0.29) is 0 Å². The molecule has 1 atom stereocenters. The fourth-order valence-electron chi connectivity index (χ4n) is 3.31. The van der Waals surface area contributed by atoms with Crippen molar-refractivity contribution in [2.24, 2.45) is 0 Å². The van der Waals surface area contributed by atoms with Crippen molar-refractivity contribution in [3.8, 4) is 11.5 Å². The maximum absolute atomic E-state index is 12.5. The minimum atomic E-state index is -0.719. The number of morpholine rings is 1. The molecule has 160 valence electrons. The molecule has 8 nitrogen and oxygen atoms in total. The number of anilines is 2. The summed E-state index contributed by atoms with van der Waals surface area (Å²) in [7, 11) is 3.10. The molecule has 0 aromatic heterocycles. The number of hydrogen-bond acceptors (Lipinski definition) is 6. The molecule has 1 aliphatic heterocycles. The molecule has 2 aromatic carbocycles. The number of carbonyl (C=O) groups excluding carboxylic acids is 2. The maximum Gasteiger partial charge on any atom is 0.313 e. The predicted octanol–water partition coefficient (Wildman–Crippen LogP) is 2.36. The van der Waals surface area contributed by atoms with Gasteiger partial charge in [0.25, 0.3) is 0 Å². The zero-order valence-corrected chi connectivity index (χ0v) is 17.4. The molecule has 0 aliphatic carbocycles. The van der Waals surface area contributed by atoms with Crippen LogP contribution in [-0.4, -0.2) is 52.3 Å². The summed E-state index contributed by atoms with van der Waals surface area (Å²) >= 11 is 0. The third-order valence-electron chi connectivity index (χ3n) is 4.97. The van der Waals surface area contributed by atoms with E-state index in [1.807, 2.05) is 24.3 Å². The van der Waals surface area contributed by atoms with Gasteiger partial charge in [0.2, 0.25) is 0 Å². The number of hydrogen-bond donors (Lipinski definition) is 2. The third-order valence-corrected chi connectivity index (χ3v) is 4.97. The Kier molecular flexibility index (Phi) is 7.13. The molecule has 2 amide bonds. The van der Waals surface area contributed by atoms with Crippen LogP contribution in [0.15, 0.2) is 42.5 Å². The Balaban J connectivity index is 1.66. The Labute approximate surface area is 176 Å². The van der Waals surface area contributed by atoms with E-state index in [2.05, 4.69) is 15.5 Å². The lowest BCUT2D eigenvalue weighted by molar-refractivity contribution is -0.136. The van der Waals surface area contributed by atoms with Crippen LogP contribution >= 0.6 is 0 Å². The van der Waals surface area contributed by atoms with E-state index < -0.39 is 17.9 Å². The van der Waals surface area contributed by atoms with Gasteiger partial charge in [0.05, 0.1) is 44.8 Å². The van der Waals surface area contributed by atoms with Crippen molar-refractivity contribution in [1.82, 2.24) is 5.32 Å². The van der Waals surface area contributed by atoms with Gasteiger partial charge < -0.3 is 29.7 Å². The molecule has 2 aromatic rings. The van der Waals surface area contributed by atoms with Crippen LogP contribution in [0.3, 0.4) is 0 Å². The topological polar surface area (TPSA) is 89.1 Å². The van der Waals surface area contributed by atoms with Crippen LogP contribution < -0.4 is 25.0 Å². The zero-order chi connectivity index (χ0) is 21.5. The Hall–Kier alpha value is -3.26. The number of nitrogens with one attached hydrogen (secondary N) is 2. The highest BCUT2D eigenvalue weighted by molar-refractivity contribution is 6.40. The molecular formula is C22H27N3O5. The molecule has 3 rings (SSSR count). The van der Waals surface area contributed by atoms with E-state index >= 15 is 0 Å². The van der Waals surface area contributed by atoms with Crippen molar-refractivity contribution >= 4 is 23.2 Å². The van der Waals surface area contributed by atoms with Crippen LogP contribution in [0.4, 0.5) is 11.4 Å². The van der Waals surface area contributed by atoms with E-state index in [1.54, 1.807) is 39.3 Å². The summed E-state index contributed by atoms with van der Waals surface area (Å²) in [6.07, 6.45) is 0. The number of methoxy groups -OCH3 is 2. The molecule has 1 unspecified atom stereocenters. The Bertz CT molecular complexity index is 896. The first-order valence-electron chi connectivity index (χ1n) is 9.79. The molecular weight excluding hydrogens is 386 g/mol. The first-order chi connectivity index (χ1) is 14.5. The smallest absolute Gasteiger partial charge is 0.313 e. The van der Waals surface area contributed by atoms with Crippen molar-refractivity contribution < 1.29 is 23.8 Å². The second-order valence-electron chi connectivity index (χ2n) is 6.88. The number of ether oxygens (including phenoxy) is 3. The molecule has 1 heterocycles. The maximum atomic E-state index is 12.5. The van der Waals surface area contributed by atoms with Crippen LogP contribution in [-0.2, 0) is 14.3 Å². The minimum Gasteiger partial charge on any atom is -0.493 e. The van der Waals surface area contributed by atoms with Crippen LogP contribution in [0.1, 0.15) is 18.5 Å². The lowest BCUT2D eigenvalue weighted by Gasteiger charge is -2.30. The van der Waals surface area contributed by atoms with Gasteiger partial charge in [-0.3, -0.25) is 9.59 Å². The van der Waals surface area contributed by atoms with Gasteiger partial charge in [0.1, 0.15) is 0 Å². The average molecular weight is 413 g/mol. The van der Waals surface area contributed by atoms with Gasteiger partial charge in [-0.15, -0.1) is 0 Å². The summed E-state index contributed by atoms with van der Waals surface area (Å²) in [5.41, 5.74) is 2.26. The predicted molar refractivity (Wildman–Crippen MR) is 114 cm³/mol. The molecule has 1 saturated heterocycles. The lowest BCUT2D eigenvalue weighted by Crippen LogP contribution is -2.39. The first-order valence-corrected chi connectivity index (χ1v) is 9.79. The van der Waals surface area contributed by atoms with Gasteiger partial charge in [-0.05, 0) is 36.8 Å². The summed E-state index contributed by atoms with van der Waals surface area (Å²) in [6.45, 7) is 4.52. The first kappa shape index (κ1) is 21.4. The van der Waals surface area contributed by atoms with Gasteiger partial charge in [-0.1, -0.05) is 18.2 Å². The van der Waals surface area contributed by atoms with E-state index in [1.165, 1.54) is 0 Å². The monoisotopic (exact) mass is 413 g/mol. The highest BCUT2D eigenvalue weighted by Gasteiger charge is 2.21. The number of carbonyl (C=O) groups is 2. The normalized spacial score (nSPS) is 14.6. The van der Waals surface area contributed by atoms with Gasteiger partial charge in [-0.2, -0.15) is 0 Å². The summed E-state index contributed by atoms with van der Waals surface area (Å²) in [5, 5.41) is 5.45. The largest absolute Gasteiger partial charge is 0.493 e. The second kappa shape index (κ2) is 9.98. The number of nitrogens with zero attached hydrogens (tertiary/aromatic N) is 1. The van der Waals surface area contributed by atoms with Crippen molar-refractivity contribution in [2.75, 3.05) is 50.7 Å². The number of amides is 2. The van der Waals surface area contributed by atoms with Crippen molar-refractivity contribution in [3.05, 3.63) is 48.0 Å². The van der Waals surface area contributed by atoms with Crippen LogP contribution in [0.5, 0.6) is 11.5 Å². The minimum absolute atomic E-state index is 0.391. The van der Waals surface area contributed by atoms with Gasteiger partial charge in [0, 0.05) is 13.1 Å². The highest BCUT2D eigenvalue weighted by Crippen LogP contribution is 2.30. The van der Waals surface area contributed by atoms with Crippen molar-refractivity contribution in [3.63, 3.8) is 0 Å². The summed E-state index contributed by atoms with van der Waals surface area (Å²) in [5.74, 6) is -0.283. The second-order valence-corrected chi connectivity index (χ2v) is 6.88. The van der Waals surface area contributed by atoms with E-state index in [0.717, 1.165) is 24.3 Å². The van der Waals surface area contributed by atoms with Gasteiger partial charge >= 0.3 is 11.8 Å². The molecule has 1 fully saturated rings. The third kappa shape index (κ3) is 5.01. The number of para-hydroxylation sites is 2. The number of rotatable bonds is 6. The fraction of sp³-hybridized carbons (Fsp3) is 0.364. The zero-order valence-electron chi connectivity index (χ0n) is 17.4. The molecule has 8 heteroatoms.